The van der Waals surface area contributed by atoms with Gasteiger partial charge in [-0.25, -0.2) is 12.8 Å². The second-order valence-electron chi connectivity index (χ2n) is 5.88. The van der Waals surface area contributed by atoms with Crippen molar-refractivity contribution >= 4 is 27.2 Å². The molecule has 0 aromatic heterocycles. The Labute approximate surface area is 155 Å². The topological polar surface area (TPSA) is 98.8 Å². The van der Waals surface area contributed by atoms with Gasteiger partial charge in [-0.2, -0.15) is 0 Å². The van der Waals surface area contributed by atoms with Gasteiger partial charge in [-0.1, -0.05) is 0 Å². The first kappa shape index (κ1) is 18.8. The standard InChI is InChI=1S/C18H16FNO6S/c1-11(21)14-8-16-17(26-10-25-16)9-15(14)20-18(22)6-7-27(23,24)13-4-2-12(19)3-5-13/h2-5,8-9H,6-7,10H2,1H3,(H,20,22). The van der Waals surface area contributed by atoms with Gasteiger partial charge in [0.1, 0.15) is 5.82 Å². The minimum absolute atomic E-state index is 0.0139. The average Bonchev–Trinajstić information content (AvgIpc) is 3.07. The summed E-state index contributed by atoms with van der Waals surface area (Å²) in [5.74, 6) is -1.09. The number of halogens is 1. The lowest BCUT2D eigenvalue weighted by Crippen LogP contribution is -2.18. The second kappa shape index (κ2) is 7.36. The minimum Gasteiger partial charge on any atom is -0.454 e. The molecule has 1 aliphatic rings. The van der Waals surface area contributed by atoms with Crippen molar-refractivity contribution in [2.24, 2.45) is 0 Å². The number of hydrogen-bond donors (Lipinski definition) is 1. The van der Waals surface area contributed by atoms with E-state index < -0.39 is 27.3 Å². The number of fused-ring (bicyclic) bond motifs is 1. The molecule has 0 saturated carbocycles. The van der Waals surface area contributed by atoms with Crippen LogP contribution in [0.5, 0.6) is 11.5 Å². The smallest absolute Gasteiger partial charge is 0.231 e. The van der Waals surface area contributed by atoms with Crippen molar-refractivity contribution in [2.45, 2.75) is 18.2 Å². The Morgan fingerprint density at radius 1 is 1.11 bits per heavy atom. The van der Waals surface area contributed by atoms with E-state index >= 15 is 0 Å². The van der Waals surface area contributed by atoms with Gasteiger partial charge < -0.3 is 14.8 Å². The highest BCUT2D eigenvalue weighted by molar-refractivity contribution is 7.91. The lowest BCUT2D eigenvalue weighted by molar-refractivity contribution is -0.115. The Balaban J connectivity index is 1.71. The van der Waals surface area contributed by atoms with E-state index in [9.17, 15) is 22.4 Å². The number of ether oxygens (including phenoxy) is 2. The first-order valence-electron chi connectivity index (χ1n) is 7.99. The summed E-state index contributed by atoms with van der Waals surface area (Å²) in [4.78, 5) is 23.9. The molecule has 1 heterocycles. The van der Waals surface area contributed by atoms with Crippen LogP contribution < -0.4 is 14.8 Å². The van der Waals surface area contributed by atoms with Gasteiger partial charge in [-0.3, -0.25) is 9.59 Å². The van der Waals surface area contributed by atoms with Crippen molar-refractivity contribution < 1.29 is 31.9 Å². The first-order valence-corrected chi connectivity index (χ1v) is 9.64. The van der Waals surface area contributed by atoms with Crippen molar-refractivity contribution in [1.82, 2.24) is 0 Å². The van der Waals surface area contributed by atoms with Gasteiger partial charge in [-0.05, 0) is 37.3 Å². The molecule has 0 aliphatic carbocycles. The largest absolute Gasteiger partial charge is 0.454 e. The summed E-state index contributed by atoms with van der Waals surface area (Å²) in [5.41, 5.74) is 0.449. The third-order valence-corrected chi connectivity index (χ3v) is 5.67. The number of ketones is 1. The maximum atomic E-state index is 12.9. The van der Waals surface area contributed by atoms with E-state index in [-0.39, 0.29) is 35.1 Å². The van der Waals surface area contributed by atoms with Gasteiger partial charge in [0.25, 0.3) is 0 Å². The van der Waals surface area contributed by atoms with Crippen molar-refractivity contribution in [3.05, 3.63) is 47.8 Å². The summed E-state index contributed by atoms with van der Waals surface area (Å²) in [6, 6.07) is 7.31. The van der Waals surface area contributed by atoms with E-state index in [0.717, 1.165) is 24.3 Å². The molecule has 3 rings (SSSR count). The number of anilines is 1. The molecule has 1 amide bonds. The van der Waals surface area contributed by atoms with E-state index in [1.807, 2.05) is 0 Å². The van der Waals surface area contributed by atoms with Crippen molar-refractivity contribution in [2.75, 3.05) is 17.9 Å². The Morgan fingerprint density at radius 2 is 1.74 bits per heavy atom. The number of benzene rings is 2. The fraction of sp³-hybridized carbons (Fsp3) is 0.222. The van der Waals surface area contributed by atoms with Crippen LogP contribution in [0.25, 0.3) is 0 Å². The molecule has 2 aromatic carbocycles. The Morgan fingerprint density at radius 3 is 2.37 bits per heavy atom. The van der Waals surface area contributed by atoms with E-state index in [4.69, 9.17) is 9.47 Å². The molecule has 1 N–H and O–H groups in total. The van der Waals surface area contributed by atoms with Crippen LogP contribution in [0.2, 0.25) is 0 Å². The summed E-state index contributed by atoms with van der Waals surface area (Å²) in [6.07, 6.45) is -0.328. The molecule has 9 heteroatoms. The van der Waals surface area contributed by atoms with Crippen LogP contribution in [0, 0.1) is 5.82 Å². The first-order chi connectivity index (χ1) is 12.8. The maximum Gasteiger partial charge on any atom is 0.231 e. The number of hydrogen-bond acceptors (Lipinski definition) is 6. The van der Waals surface area contributed by atoms with Gasteiger partial charge in [0, 0.05) is 18.1 Å². The zero-order valence-electron chi connectivity index (χ0n) is 14.3. The van der Waals surface area contributed by atoms with Gasteiger partial charge in [0.05, 0.1) is 16.3 Å². The molecule has 142 valence electrons. The molecule has 0 bridgehead atoms. The summed E-state index contributed by atoms with van der Waals surface area (Å²) in [6.45, 7) is 1.35. The highest BCUT2D eigenvalue weighted by Gasteiger charge is 2.21. The fourth-order valence-corrected chi connectivity index (χ4v) is 3.78. The van der Waals surface area contributed by atoms with Crippen LogP contribution in [-0.2, 0) is 14.6 Å². The van der Waals surface area contributed by atoms with Gasteiger partial charge in [-0.15, -0.1) is 0 Å². The van der Waals surface area contributed by atoms with E-state index in [1.165, 1.54) is 19.1 Å². The summed E-state index contributed by atoms with van der Waals surface area (Å²) < 4.78 is 47.8. The number of Topliss-reactive ketones (excluding diaryl/α,β-unsaturated/α-hetero) is 1. The quantitative estimate of drug-likeness (QED) is 0.598. The SMILES string of the molecule is CC(=O)c1cc2c(cc1NC(=O)CCS(=O)(=O)c1ccc(F)cc1)OCO2. The van der Waals surface area contributed by atoms with Crippen molar-refractivity contribution in [3.8, 4) is 11.5 Å². The van der Waals surface area contributed by atoms with Crippen molar-refractivity contribution in [1.29, 1.82) is 0 Å². The highest BCUT2D eigenvalue weighted by atomic mass is 32.2. The molecule has 0 atom stereocenters. The van der Waals surface area contributed by atoms with Gasteiger partial charge in [0.15, 0.2) is 27.1 Å². The van der Waals surface area contributed by atoms with E-state index in [1.54, 1.807) is 0 Å². The molecule has 0 spiro atoms. The lowest BCUT2D eigenvalue weighted by atomic mass is 10.1. The summed E-state index contributed by atoms with van der Waals surface area (Å²) in [5, 5.41) is 2.53. The van der Waals surface area contributed by atoms with Crippen LogP contribution in [0.4, 0.5) is 10.1 Å². The number of rotatable bonds is 6. The normalized spacial score (nSPS) is 12.7. The number of sulfone groups is 1. The van der Waals surface area contributed by atoms with Gasteiger partial charge >= 0.3 is 0 Å². The molecule has 0 unspecified atom stereocenters. The Bertz CT molecular complexity index is 1000. The van der Waals surface area contributed by atoms with Crippen LogP contribution >= 0.6 is 0 Å². The molecule has 7 nitrogen and oxygen atoms in total. The fourth-order valence-electron chi connectivity index (χ4n) is 2.54. The molecular formula is C18H16FNO6S. The summed E-state index contributed by atoms with van der Waals surface area (Å²) >= 11 is 0. The third kappa shape index (κ3) is 4.25. The number of amides is 1. The monoisotopic (exact) mass is 393 g/mol. The molecule has 0 saturated heterocycles. The Kier molecular flexibility index (Phi) is 5.13. The van der Waals surface area contributed by atoms with Crippen LogP contribution in [0.15, 0.2) is 41.3 Å². The predicted molar refractivity (Wildman–Crippen MR) is 94.3 cm³/mol. The molecule has 0 radical (unpaired) electrons. The minimum atomic E-state index is -3.74. The third-order valence-electron chi connectivity index (χ3n) is 3.94. The highest BCUT2D eigenvalue weighted by Crippen LogP contribution is 2.37. The number of carbonyl (C=O) groups excluding carboxylic acids is 2. The average molecular weight is 393 g/mol. The molecule has 27 heavy (non-hydrogen) atoms. The van der Waals surface area contributed by atoms with Crippen LogP contribution in [0.3, 0.4) is 0 Å². The molecule has 2 aromatic rings. The second-order valence-corrected chi connectivity index (χ2v) is 7.99. The lowest BCUT2D eigenvalue weighted by Gasteiger charge is -2.11. The molecule has 1 aliphatic heterocycles. The van der Waals surface area contributed by atoms with Gasteiger partial charge in [0.2, 0.25) is 12.7 Å². The zero-order chi connectivity index (χ0) is 19.6. The van der Waals surface area contributed by atoms with Crippen LogP contribution in [-0.4, -0.2) is 32.7 Å². The molecule has 0 fully saturated rings. The number of carbonyl (C=O) groups is 2. The predicted octanol–water partition coefficient (Wildman–Crippen LogP) is 2.56. The summed E-state index contributed by atoms with van der Waals surface area (Å²) in [7, 11) is -3.74. The van der Waals surface area contributed by atoms with Crippen molar-refractivity contribution in [3.63, 3.8) is 0 Å². The number of nitrogens with one attached hydrogen (secondary N) is 1. The molecular weight excluding hydrogens is 377 g/mol. The van der Waals surface area contributed by atoms with Crippen LogP contribution in [0.1, 0.15) is 23.7 Å². The van der Waals surface area contributed by atoms with E-state index in [0.29, 0.717) is 11.5 Å². The maximum absolute atomic E-state index is 12.9. The Hall–Kier alpha value is -2.94. The zero-order valence-corrected chi connectivity index (χ0v) is 15.1. The van der Waals surface area contributed by atoms with E-state index in [2.05, 4.69) is 5.32 Å².